The van der Waals surface area contributed by atoms with Gasteiger partial charge in [-0.3, -0.25) is 14.6 Å². The molecule has 0 saturated carbocycles. The molecule has 1 aliphatic heterocycles. The highest BCUT2D eigenvalue weighted by molar-refractivity contribution is 5.94. The highest BCUT2D eigenvalue weighted by atomic mass is 35.5. The average molecular weight is 335 g/mol. The van der Waals surface area contributed by atoms with Crippen LogP contribution >= 0.6 is 24.8 Å². The van der Waals surface area contributed by atoms with E-state index in [9.17, 15) is 9.59 Å². The van der Waals surface area contributed by atoms with Crippen molar-refractivity contribution in [3.63, 3.8) is 0 Å². The lowest BCUT2D eigenvalue weighted by Crippen LogP contribution is -2.49. The third-order valence-electron chi connectivity index (χ3n) is 3.07. The van der Waals surface area contributed by atoms with E-state index < -0.39 is 0 Å². The van der Waals surface area contributed by atoms with E-state index >= 15 is 0 Å². The average Bonchev–Trinajstić information content (AvgIpc) is 2.48. The van der Waals surface area contributed by atoms with Crippen LogP contribution in [0.4, 0.5) is 0 Å². The molecule has 1 saturated heterocycles. The van der Waals surface area contributed by atoms with Crippen molar-refractivity contribution in [3.05, 3.63) is 30.1 Å². The largest absolute Gasteiger partial charge is 0.339 e. The summed E-state index contributed by atoms with van der Waals surface area (Å²) >= 11 is 0. The first-order chi connectivity index (χ1) is 9.18. The second kappa shape index (κ2) is 9.55. The molecule has 6 nitrogen and oxygen atoms in total. The Bertz CT molecular complexity index is 453. The van der Waals surface area contributed by atoms with Crippen LogP contribution < -0.4 is 5.32 Å². The summed E-state index contributed by atoms with van der Waals surface area (Å²) in [6, 6.07) is 5.16. The quantitative estimate of drug-likeness (QED) is 0.870. The predicted molar refractivity (Wildman–Crippen MR) is 85.1 cm³/mol. The second-order valence-electron chi connectivity index (χ2n) is 4.51. The van der Waals surface area contributed by atoms with Crippen molar-refractivity contribution in [1.82, 2.24) is 20.1 Å². The summed E-state index contributed by atoms with van der Waals surface area (Å²) in [6.45, 7) is 3.11. The van der Waals surface area contributed by atoms with Gasteiger partial charge in [-0.15, -0.1) is 24.8 Å². The summed E-state index contributed by atoms with van der Waals surface area (Å²) in [5, 5.41) is 3.19. The zero-order chi connectivity index (χ0) is 13.7. The minimum atomic E-state index is -0.232. The van der Waals surface area contributed by atoms with Crippen LogP contribution in [0.25, 0.3) is 0 Å². The highest BCUT2D eigenvalue weighted by Crippen LogP contribution is 2.01. The summed E-state index contributed by atoms with van der Waals surface area (Å²) in [5.74, 6) is -0.252. The van der Waals surface area contributed by atoms with Gasteiger partial charge in [0.15, 0.2) is 0 Å². The molecule has 2 rings (SSSR count). The van der Waals surface area contributed by atoms with Crippen LogP contribution in [0.1, 0.15) is 10.5 Å². The molecular formula is C13H20Cl2N4O2. The lowest BCUT2D eigenvalue weighted by molar-refractivity contribution is -0.132. The van der Waals surface area contributed by atoms with Gasteiger partial charge in [0, 0.05) is 39.4 Å². The van der Waals surface area contributed by atoms with E-state index in [0.29, 0.717) is 18.8 Å². The van der Waals surface area contributed by atoms with E-state index in [1.54, 1.807) is 36.3 Å². The number of piperazine rings is 1. The van der Waals surface area contributed by atoms with Crippen molar-refractivity contribution in [2.75, 3.05) is 39.8 Å². The molecule has 1 aliphatic rings. The van der Waals surface area contributed by atoms with Crippen LogP contribution in [0.5, 0.6) is 0 Å². The molecule has 0 bridgehead atoms. The molecule has 0 unspecified atom stereocenters. The van der Waals surface area contributed by atoms with Gasteiger partial charge >= 0.3 is 0 Å². The molecule has 1 aromatic rings. The fourth-order valence-corrected chi connectivity index (χ4v) is 1.97. The van der Waals surface area contributed by atoms with E-state index in [0.717, 1.165) is 13.1 Å². The Kier molecular flexibility index (Phi) is 8.92. The number of aromatic nitrogens is 1. The molecule has 1 fully saturated rings. The van der Waals surface area contributed by atoms with Crippen LogP contribution in [0.15, 0.2) is 24.4 Å². The first-order valence-corrected chi connectivity index (χ1v) is 6.33. The number of likely N-dealkylation sites (N-methyl/N-ethyl adjacent to an activating group) is 1. The molecule has 0 aromatic carbocycles. The molecule has 1 N–H and O–H groups in total. The normalized spacial score (nSPS) is 13.7. The van der Waals surface area contributed by atoms with Gasteiger partial charge in [-0.25, -0.2) is 0 Å². The number of nitrogens with one attached hydrogen (secondary N) is 1. The van der Waals surface area contributed by atoms with Crippen LogP contribution in [0.3, 0.4) is 0 Å². The number of amides is 2. The van der Waals surface area contributed by atoms with Gasteiger partial charge in [0.05, 0.1) is 6.54 Å². The van der Waals surface area contributed by atoms with E-state index in [4.69, 9.17) is 0 Å². The predicted octanol–water partition coefficient (Wildman–Crippen LogP) is 0.429. The minimum Gasteiger partial charge on any atom is -0.339 e. The Balaban J connectivity index is 0.00000200. The molecule has 118 valence electrons. The number of hydrogen-bond acceptors (Lipinski definition) is 4. The number of carbonyl (C=O) groups excluding carboxylic acids is 2. The monoisotopic (exact) mass is 334 g/mol. The summed E-state index contributed by atoms with van der Waals surface area (Å²) in [5.41, 5.74) is 0.359. The fourth-order valence-electron chi connectivity index (χ4n) is 1.97. The molecule has 2 heterocycles. The van der Waals surface area contributed by atoms with Crippen LogP contribution in [-0.4, -0.2) is 66.4 Å². The summed E-state index contributed by atoms with van der Waals surface area (Å²) in [4.78, 5) is 31.3. The number of hydrogen-bond donors (Lipinski definition) is 1. The first-order valence-electron chi connectivity index (χ1n) is 6.33. The first kappa shape index (κ1) is 19.6. The van der Waals surface area contributed by atoms with Crippen molar-refractivity contribution in [2.45, 2.75) is 0 Å². The fraction of sp³-hybridized carbons (Fsp3) is 0.462. The number of carbonyl (C=O) groups is 2. The zero-order valence-corrected chi connectivity index (χ0v) is 13.5. The lowest BCUT2D eigenvalue weighted by atomic mass is 10.3. The lowest BCUT2D eigenvalue weighted by Gasteiger charge is -2.29. The maximum atomic E-state index is 12.0. The van der Waals surface area contributed by atoms with Crippen molar-refractivity contribution >= 4 is 36.6 Å². The minimum absolute atomic E-state index is 0. The Morgan fingerprint density at radius 1 is 1.29 bits per heavy atom. The smallest absolute Gasteiger partial charge is 0.272 e. The second-order valence-corrected chi connectivity index (χ2v) is 4.51. The van der Waals surface area contributed by atoms with Crippen LogP contribution in [0.2, 0.25) is 0 Å². The van der Waals surface area contributed by atoms with E-state index in [-0.39, 0.29) is 43.2 Å². The van der Waals surface area contributed by atoms with Gasteiger partial charge in [0.2, 0.25) is 5.91 Å². The number of nitrogens with zero attached hydrogens (tertiary/aromatic N) is 3. The van der Waals surface area contributed by atoms with Crippen molar-refractivity contribution in [2.24, 2.45) is 0 Å². The van der Waals surface area contributed by atoms with Gasteiger partial charge in [-0.05, 0) is 12.1 Å². The topological polar surface area (TPSA) is 65.5 Å². The van der Waals surface area contributed by atoms with E-state index in [2.05, 4.69) is 10.3 Å². The maximum Gasteiger partial charge on any atom is 0.272 e. The van der Waals surface area contributed by atoms with Crippen LogP contribution in [0, 0.1) is 0 Å². The molecule has 0 spiro atoms. The Morgan fingerprint density at radius 2 is 1.95 bits per heavy atom. The Morgan fingerprint density at radius 3 is 2.52 bits per heavy atom. The van der Waals surface area contributed by atoms with Gasteiger partial charge in [-0.1, -0.05) is 6.07 Å². The number of rotatable bonds is 3. The van der Waals surface area contributed by atoms with Crippen LogP contribution in [-0.2, 0) is 4.79 Å². The van der Waals surface area contributed by atoms with E-state index in [1.165, 1.54) is 4.90 Å². The van der Waals surface area contributed by atoms with Gasteiger partial charge in [-0.2, -0.15) is 0 Å². The number of halogens is 2. The highest BCUT2D eigenvalue weighted by Gasteiger charge is 2.20. The molecule has 2 amide bonds. The molecule has 0 aliphatic carbocycles. The molecule has 21 heavy (non-hydrogen) atoms. The third kappa shape index (κ3) is 5.49. The van der Waals surface area contributed by atoms with Gasteiger partial charge in [0.25, 0.3) is 5.91 Å². The molecular weight excluding hydrogens is 315 g/mol. The van der Waals surface area contributed by atoms with Crippen molar-refractivity contribution < 1.29 is 9.59 Å². The summed E-state index contributed by atoms with van der Waals surface area (Å²) in [7, 11) is 1.62. The summed E-state index contributed by atoms with van der Waals surface area (Å²) < 4.78 is 0. The SMILES string of the molecule is CN(CC(=O)N1CCNCC1)C(=O)c1ccccn1.Cl.Cl. The zero-order valence-electron chi connectivity index (χ0n) is 11.8. The molecule has 0 atom stereocenters. The van der Waals surface area contributed by atoms with Crippen molar-refractivity contribution in [1.29, 1.82) is 0 Å². The maximum absolute atomic E-state index is 12.0. The summed E-state index contributed by atoms with van der Waals surface area (Å²) in [6.07, 6.45) is 1.57. The van der Waals surface area contributed by atoms with Crippen molar-refractivity contribution in [3.8, 4) is 0 Å². The number of pyridine rings is 1. The Labute approximate surface area is 136 Å². The Hall–Kier alpha value is -1.37. The molecule has 0 radical (unpaired) electrons. The van der Waals surface area contributed by atoms with Gasteiger partial charge in [0.1, 0.15) is 5.69 Å². The standard InChI is InChI=1S/C13H18N4O2.2ClH/c1-16(13(19)11-4-2-3-5-15-11)10-12(18)17-8-6-14-7-9-17;;/h2-5,14H,6-10H2,1H3;2*1H. The molecule has 1 aromatic heterocycles. The molecule has 8 heteroatoms. The van der Waals surface area contributed by atoms with Gasteiger partial charge < -0.3 is 15.1 Å². The third-order valence-corrected chi connectivity index (χ3v) is 3.07. The van der Waals surface area contributed by atoms with E-state index in [1.807, 2.05) is 0 Å².